The molecule has 9 heteroatoms. The number of benzene rings is 1. The number of hydrogen-bond donors (Lipinski definition) is 2. The lowest BCUT2D eigenvalue weighted by molar-refractivity contribution is -0.124. The molecule has 8 nitrogen and oxygen atoms in total. The molecule has 2 atom stereocenters. The molecule has 1 aliphatic rings. The first-order valence-electron chi connectivity index (χ1n) is 9.90. The molecule has 0 aliphatic carbocycles. The number of carbonyl (C=O) groups excluding carboxylic acids is 4. The summed E-state index contributed by atoms with van der Waals surface area (Å²) in [5, 5.41) is 5.17. The van der Waals surface area contributed by atoms with Crippen molar-refractivity contribution in [1.29, 1.82) is 0 Å². The van der Waals surface area contributed by atoms with Crippen LogP contribution in [0.15, 0.2) is 42.7 Å². The number of halogens is 1. The number of hydrogen-bond acceptors (Lipinski definition) is 5. The first-order valence-corrected chi connectivity index (χ1v) is 9.90. The molecule has 3 amide bonds. The second-order valence-electron chi connectivity index (χ2n) is 7.34. The number of para-hydroxylation sites is 1. The van der Waals surface area contributed by atoms with E-state index in [-0.39, 0.29) is 23.8 Å². The molecule has 1 aromatic heterocycles. The first-order chi connectivity index (χ1) is 14.9. The molecular weight excluding hydrogens is 403 g/mol. The molecular formula is C22H23FN4O4. The van der Waals surface area contributed by atoms with Gasteiger partial charge in [0.1, 0.15) is 12.1 Å². The highest BCUT2D eigenvalue weighted by atomic mass is 19.1. The second kappa shape index (κ2) is 9.92. The van der Waals surface area contributed by atoms with Crippen molar-refractivity contribution < 1.29 is 23.6 Å². The predicted octanol–water partition coefficient (Wildman–Crippen LogP) is 1.39. The van der Waals surface area contributed by atoms with Crippen LogP contribution < -0.4 is 15.5 Å². The van der Waals surface area contributed by atoms with Crippen molar-refractivity contribution in [2.24, 2.45) is 5.92 Å². The average Bonchev–Trinajstić information content (AvgIpc) is 3.17. The molecule has 31 heavy (non-hydrogen) atoms. The lowest BCUT2D eigenvalue weighted by Crippen LogP contribution is -2.48. The Hall–Kier alpha value is -3.62. The molecule has 0 bridgehead atoms. The Bertz CT molecular complexity index is 997. The van der Waals surface area contributed by atoms with Gasteiger partial charge in [-0.15, -0.1) is 0 Å². The summed E-state index contributed by atoms with van der Waals surface area (Å²) >= 11 is 0. The van der Waals surface area contributed by atoms with Gasteiger partial charge in [-0.2, -0.15) is 0 Å². The van der Waals surface area contributed by atoms with E-state index in [9.17, 15) is 23.6 Å². The summed E-state index contributed by atoms with van der Waals surface area (Å²) in [6, 6.07) is 7.19. The van der Waals surface area contributed by atoms with Crippen molar-refractivity contribution in [3.05, 3.63) is 59.7 Å². The summed E-state index contributed by atoms with van der Waals surface area (Å²) in [5.41, 5.74) is 1.26. The van der Waals surface area contributed by atoms with Crippen molar-refractivity contribution >= 4 is 29.7 Å². The fraction of sp³-hybridized carbons (Fsp3) is 0.318. The smallest absolute Gasteiger partial charge is 0.253 e. The summed E-state index contributed by atoms with van der Waals surface area (Å²) in [7, 11) is 0. The van der Waals surface area contributed by atoms with Crippen LogP contribution in [0, 0.1) is 18.7 Å². The highest BCUT2D eigenvalue weighted by Crippen LogP contribution is 2.26. The quantitative estimate of drug-likeness (QED) is 0.620. The normalized spacial score (nSPS) is 16.3. The van der Waals surface area contributed by atoms with Gasteiger partial charge in [0, 0.05) is 24.3 Å². The lowest BCUT2D eigenvalue weighted by Gasteiger charge is -2.31. The van der Waals surface area contributed by atoms with E-state index in [1.54, 1.807) is 31.2 Å². The van der Waals surface area contributed by atoms with Gasteiger partial charge in [-0.3, -0.25) is 19.4 Å². The van der Waals surface area contributed by atoms with Gasteiger partial charge in [-0.05, 0) is 37.5 Å². The number of pyridine rings is 1. The zero-order valence-corrected chi connectivity index (χ0v) is 17.0. The number of rotatable bonds is 8. The number of anilines is 1. The minimum Gasteiger partial charge on any atom is -0.356 e. The summed E-state index contributed by atoms with van der Waals surface area (Å²) < 4.78 is 13.3. The maximum atomic E-state index is 13.3. The van der Waals surface area contributed by atoms with Crippen LogP contribution in [0.5, 0.6) is 0 Å². The van der Waals surface area contributed by atoms with Crippen LogP contribution >= 0.6 is 0 Å². The molecule has 2 heterocycles. The molecule has 2 N–H and O–H groups in total. The van der Waals surface area contributed by atoms with Gasteiger partial charge >= 0.3 is 0 Å². The summed E-state index contributed by atoms with van der Waals surface area (Å²) in [6.07, 6.45) is 3.57. The lowest BCUT2D eigenvalue weighted by atomic mass is 9.97. The Morgan fingerprint density at radius 3 is 2.77 bits per heavy atom. The summed E-state index contributed by atoms with van der Waals surface area (Å²) in [4.78, 5) is 54.3. The molecule has 0 saturated carbocycles. The van der Waals surface area contributed by atoms with E-state index in [1.807, 2.05) is 0 Å². The van der Waals surface area contributed by atoms with Crippen LogP contribution in [-0.4, -0.2) is 48.1 Å². The predicted molar refractivity (Wildman–Crippen MR) is 111 cm³/mol. The van der Waals surface area contributed by atoms with E-state index in [4.69, 9.17) is 0 Å². The van der Waals surface area contributed by atoms with E-state index < -0.39 is 30.2 Å². The van der Waals surface area contributed by atoms with Gasteiger partial charge in [0.05, 0.1) is 24.3 Å². The number of nitrogens with one attached hydrogen (secondary N) is 2. The van der Waals surface area contributed by atoms with Gasteiger partial charge in [0.25, 0.3) is 5.91 Å². The van der Waals surface area contributed by atoms with Crippen LogP contribution in [0.4, 0.5) is 10.1 Å². The highest BCUT2D eigenvalue weighted by Gasteiger charge is 2.33. The van der Waals surface area contributed by atoms with Crippen molar-refractivity contribution in [3.8, 4) is 0 Å². The zero-order chi connectivity index (χ0) is 22.4. The highest BCUT2D eigenvalue weighted by molar-refractivity contribution is 6.02. The number of nitrogens with zero attached hydrogens (tertiary/aromatic N) is 2. The zero-order valence-electron chi connectivity index (χ0n) is 17.0. The third kappa shape index (κ3) is 5.30. The standard InChI is InChI=1S/C22H23FN4O4/c1-14-4-2-3-5-19(14)27(18(13-28)9-15-6-7-25-21(15)30)20(29)12-26-22(31)16-8-17(23)11-24-10-16/h2-5,8,10-11,13,15,18H,6-7,9,12H2,1H3,(H,25,30)(H,26,31)/t15-,18-/m0/s1. The molecule has 3 rings (SSSR count). The summed E-state index contributed by atoms with van der Waals surface area (Å²) in [6.45, 7) is 1.92. The molecule has 1 aromatic carbocycles. The third-order valence-corrected chi connectivity index (χ3v) is 5.19. The molecule has 1 fully saturated rings. The van der Waals surface area contributed by atoms with E-state index in [2.05, 4.69) is 15.6 Å². The monoisotopic (exact) mass is 426 g/mol. The molecule has 1 aliphatic heterocycles. The number of amides is 3. The largest absolute Gasteiger partial charge is 0.356 e. The van der Waals surface area contributed by atoms with Crippen LogP contribution in [0.2, 0.25) is 0 Å². The maximum Gasteiger partial charge on any atom is 0.253 e. The second-order valence-corrected chi connectivity index (χ2v) is 7.34. The van der Waals surface area contributed by atoms with Crippen molar-refractivity contribution in [3.63, 3.8) is 0 Å². The molecule has 0 radical (unpaired) electrons. The molecule has 0 unspecified atom stereocenters. The van der Waals surface area contributed by atoms with E-state index in [1.165, 1.54) is 11.1 Å². The minimum atomic E-state index is -0.879. The van der Waals surface area contributed by atoms with E-state index in [0.717, 1.165) is 17.8 Å². The van der Waals surface area contributed by atoms with Crippen LogP contribution in [0.1, 0.15) is 28.8 Å². The van der Waals surface area contributed by atoms with Crippen molar-refractivity contribution in [2.75, 3.05) is 18.0 Å². The molecule has 0 spiro atoms. The number of carbonyl (C=O) groups is 4. The SMILES string of the molecule is Cc1ccccc1N(C(=O)CNC(=O)c1cncc(F)c1)[C@H](C=O)C[C@@H]1CCNC1=O. The topological polar surface area (TPSA) is 108 Å². The number of aryl methyl sites for hydroxylation is 1. The maximum absolute atomic E-state index is 13.3. The molecule has 162 valence electrons. The van der Waals surface area contributed by atoms with Crippen molar-refractivity contribution in [1.82, 2.24) is 15.6 Å². The summed E-state index contributed by atoms with van der Waals surface area (Å²) in [5.74, 6) is -2.37. The first kappa shape index (κ1) is 22.1. The van der Waals surface area contributed by atoms with Gasteiger partial charge < -0.3 is 20.3 Å². The van der Waals surface area contributed by atoms with Crippen LogP contribution in [-0.2, 0) is 14.4 Å². The number of aldehydes is 1. The van der Waals surface area contributed by atoms with Gasteiger partial charge in [0.2, 0.25) is 11.8 Å². The minimum absolute atomic E-state index is 0.0233. The van der Waals surface area contributed by atoms with E-state index >= 15 is 0 Å². The third-order valence-electron chi connectivity index (χ3n) is 5.19. The molecule has 1 saturated heterocycles. The Kier molecular flexibility index (Phi) is 7.07. The Labute approximate surface area is 178 Å². The van der Waals surface area contributed by atoms with Gasteiger partial charge in [-0.1, -0.05) is 18.2 Å². The Morgan fingerprint density at radius 1 is 1.35 bits per heavy atom. The van der Waals surface area contributed by atoms with Crippen LogP contribution in [0.25, 0.3) is 0 Å². The van der Waals surface area contributed by atoms with Gasteiger partial charge in [0.15, 0.2) is 0 Å². The van der Waals surface area contributed by atoms with Crippen LogP contribution in [0.3, 0.4) is 0 Å². The Balaban J connectivity index is 1.80. The fourth-order valence-electron chi connectivity index (χ4n) is 3.59. The van der Waals surface area contributed by atoms with E-state index in [0.29, 0.717) is 24.9 Å². The molecule has 2 aromatic rings. The Morgan fingerprint density at radius 2 is 2.13 bits per heavy atom. The number of aromatic nitrogens is 1. The van der Waals surface area contributed by atoms with Gasteiger partial charge in [-0.25, -0.2) is 4.39 Å². The van der Waals surface area contributed by atoms with Crippen molar-refractivity contribution in [2.45, 2.75) is 25.8 Å². The fourth-order valence-corrected chi connectivity index (χ4v) is 3.59. The average molecular weight is 426 g/mol.